The van der Waals surface area contributed by atoms with Crippen molar-refractivity contribution in [3.63, 3.8) is 0 Å². The third-order valence-corrected chi connectivity index (χ3v) is 30.3. The molecule has 2 heterocycles. The maximum Gasteiger partial charge on any atom is 0.221 e. The molecule has 0 amide bonds. The Morgan fingerprint density at radius 2 is 0.306 bits per heavy atom. The van der Waals surface area contributed by atoms with E-state index in [4.69, 9.17) is 18.9 Å². The largest absolute Gasteiger partial charge is 0.493 e. The number of benzene rings is 12. The van der Waals surface area contributed by atoms with Gasteiger partial charge in [-0.05, 0) is 133 Å². The van der Waals surface area contributed by atoms with Crippen molar-refractivity contribution in [2.24, 2.45) is 23.7 Å². The predicted octanol–water partition coefficient (Wildman–Crippen LogP) is 26.0. The maximum atomic E-state index is 15.4. The van der Waals surface area contributed by atoms with E-state index in [0.29, 0.717) is 50.1 Å². The highest BCUT2D eigenvalue weighted by molar-refractivity contribution is 8.04. The Kier molecular flexibility index (Phi) is 34.7. The Hall–Kier alpha value is -12.4. The van der Waals surface area contributed by atoms with Gasteiger partial charge < -0.3 is 18.9 Å². The van der Waals surface area contributed by atoms with Crippen molar-refractivity contribution < 1.29 is 195 Å². The Bertz CT molecular complexity index is 6100. The number of thiophene rings is 2. The summed E-state index contributed by atoms with van der Waals surface area (Å²) < 4.78 is 617. The molecular weight excluding hydrogens is 2160 g/mol. The van der Waals surface area contributed by atoms with Crippen LogP contribution in [0.15, 0.2) is 158 Å². The third kappa shape index (κ3) is 20.8. The van der Waals surface area contributed by atoms with E-state index < -0.39 is 289 Å². The van der Waals surface area contributed by atoms with Crippen molar-refractivity contribution in [1.29, 1.82) is 0 Å². The Balaban J connectivity index is 0.000000198. The van der Waals surface area contributed by atoms with Gasteiger partial charge in [0.05, 0.1) is 34.8 Å². The molecule has 780 valence electrons. The van der Waals surface area contributed by atoms with Crippen molar-refractivity contribution in [2.75, 3.05) is 26.4 Å². The Labute approximate surface area is 821 Å². The fourth-order valence-electron chi connectivity index (χ4n) is 15.3. The first-order valence-electron chi connectivity index (χ1n) is 41.6. The van der Waals surface area contributed by atoms with Crippen molar-refractivity contribution in [3.8, 4) is 23.0 Å². The molecule has 0 N–H and O–H groups in total. The molecule has 0 fully saturated rings. The van der Waals surface area contributed by atoms with Gasteiger partial charge in [-0.15, -0.1) is 43.7 Å². The Morgan fingerprint density at radius 1 is 0.184 bits per heavy atom. The zero-order valence-electron chi connectivity index (χ0n) is 74.6. The fraction of sp³-hybridized carbons (Fsp3) is 0.167. The van der Waals surface area contributed by atoms with Gasteiger partial charge in [-0.3, -0.25) is 0 Å². The lowest BCUT2D eigenvalue weighted by Crippen LogP contribution is -2.81. The van der Waals surface area contributed by atoms with E-state index in [1.807, 2.05) is 34.4 Å². The summed E-state index contributed by atoms with van der Waals surface area (Å²) >= 11 is 5.62. The molecule has 14 rings (SSSR count). The van der Waals surface area contributed by atoms with Gasteiger partial charge in [0.1, 0.15) is 150 Å². The molecule has 0 radical (unpaired) electrons. The van der Waals surface area contributed by atoms with Gasteiger partial charge in [-0.2, -0.15) is 0 Å². The summed E-state index contributed by atoms with van der Waals surface area (Å²) in [7, 11) is -0.561. The van der Waals surface area contributed by atoms with Gasteiger partial charge in [0.15, 0.2) is 159 Å². The van der Waals surface area contributed by atoms with Gasteiger partial charge in [0.25, 0.3) is 0 Å². The second-order valence-corrected chi connectivity index (χ2v) is 41.4. The van der Waals surface area contributed by atoms with Crippen molar-refractivity contribution >= 4 is 112 Å². The molecule has 0 saturated carbocycles. The average Bonchev–Trinajstić information content (AvgIpc) is 1.10. The summed E-state index contributed by atoms with van der Waals surface area (Å²) in [5, 5.41) is 0. The normalized spacial score (nSPS) is 11.9. The van der Waals surface area contributed by atoms with E-state index in [-0.39, 0.29) is 21.8 Å². The molecule has 0 unspecified atom stereocenters. The molecule has 0 aliphatic carbocycles. The zero-order valence-corrected chi connectivity index (χ0v) is 78.7. The second-order valence-electron chi connectivity index (χ2n) is 33.2. The molecule has 4 nitrogen and oxygen atoms in total. The minimum atomic E-state index is -7.22. The highest BCUT2D eigenvalue weighted by Crippen LogP contribution is 2.47. The molecule has 0 spiro atoms. The minimum Gasteiger partial charge on any atom is -0.493 e. The van der Waals surface area contributed by atoms with Crippen LogP contribution in [0.2, 0.25) is 0 Å². The first-order chi connectivity index (χ1) is 68.9. The molecule has 2 aromatic heterocycles. The van der Waals surface area contributed by atoms with Crippen LogP contribution in [0.3, 0.4) is 0 Å². The van der Waals surface area contributed by atoms with Crippen LogP contribution >= 0.6 is 34.4 Å². The average molecular weight is 2220 g/mol. The van der Waals surface area contributed by atoms with Crippen molar-refractivity contribution in [2.45, 2.75) is 91.8 Å². The number of hydrogen-bond donors (Lipinski definition) is 0. The van der Waals surface area contributed by atoms with Crippen LogP contribution < -0.4 is 62.6 Å². The van der Waals surface area contributed by atoms with Crippen molar-refractivity contribution in [1.82, 2.24) is 0 Å². The van der Waals surface area contributed by atoms with Crippen LogP contribution in [-0.4, -0.2) is 38.7 Å². The molecule has 147 heavy (non-hydrogen) atoms. The summed E-state index contributed by atoms with van der Waals surface area (Å²) in [4.78, 5) is 5.07. The highest BCUT2D eigenvalue weighted by Gasteiger charge is 2.56. The molecule has 14 aromatic rings. The lowest BCUT2D eigenvalue weighted by molar-refractivity contribution is 0.271. The molecule has 0 aliphatic rings. The molecule has 0 atom stereocenters. The van der Waals surface area contributed by atoms with Gasteiger partial charge in [-0.1, -0.05) is 89.8 Å². The number of hydrogen-bond acceptors (Lipinski definition) is 7. The molecular formula is C96H56B2F40O4S5. The summed E-state index contributed by atoms with van der Waals surface area (Å²) in [6.07, 6.45) is -14.4. The minimum absolute atomic E-state index is 0.280. The summed E-state index contributed by atoms with van der Waals surface area (Å²) in [5.41, 5.74) is -28.7. The Morgan fingerprint density at radius 3 is 0.429 bits per heavy atom. The molecule has 12 aromatic carbocycles. The van der Waals surface area contributed by atoms with Gasteiger partial charge in [-0.25, -0.2) is 176 Å². The monoisotopic (exact) mass is 2210 g/mol. The first-order valence-corrected chi connectivity index (χ1v) is 46.5. The number of halogens is 40. The summed E-state index contributed by atoms with van der Waals surface area (Å²) in [5.74, 6) is -137. The summed E-state index contributed by atoms with van der Waals surface area (Å²) in [6, 6.07) is 44.0. The molecule has 0 bridgehead atoms. The van der Waals surface area contributed by atoms with E-state index >= 15 is 70.2 Å². The zero-order chi connectivity index (χ0) is 109. The van der Waals surface area contributed by atoms with Gasteiger partial charge in [0, 0.05) is 12.1 Å². The fourth-order valence-corrected chi connectivity index (χ4v) is 24.4. The van der Waals surface area contributed by atoms with Crippen LogP contribution in [0.1, 0.15) is 55.4 Å². The third-order valence-electron chi connectivity index (χ3n) is 21.7. The number of ether oxygens (including phenoxy) is 4. The van der Waals surface area contributed by atoms with Gasteiger partial charge in [0.2, 0.25) is 8.42 Å². The van der Waals surface area contributed by atoms with Gasteiger partial charge >= 0.3 is 0 Å². The van der Waals surface area contributed by atoms with E-state index in [0.717, 1.165) is 23.0 Å². The molecule has 51 heteroatoms. The first kappa shape index (κ1) is 113. The van der Waals surface area contributed by atoms with E-state index in [1.165, 1.54) is 36.4 Å². The predicted molar refractivity (Wildman–Crippen MR) is 463 cm³/mol. The van der Waals surface area contributed by atoms with Crippen molar-refractivity contribution in [3.05, 3.63) is 354 Å². The highest BCUT2D eigenvalue weighted by atomic mass is 32.2. The SMILES string of the molecule is CC(C)COc1ccc([S+](c2ccc(OCC(C)C)cc2)c2ccc(Sc3ccc([S+](c4ccc(OCC(C)C)cc4)c4ccc(OCC(C)C)cc4)s3)s2)cc1.Fc1c(F)c(F)c([B-](c2c(F)c(F)c(F)c(F)c2F)(c2c(F)c(F)c(F)c(F)c2F)c2c(F)c(F)c(F)c(F)c2F)c(F)c1F.Fc1c(F)c(F)c([B-](c2c(F)c(F)c(F)c(F)c2F)(c2c(F)c(F)c(F)c(F)c2F)c2c(F)c(F)c(F)c(F)c2F)c(F)c1F. The number of rotatable bonds is 28. The van der Waals surface area contributed by atoms with Crippen LogP contribution in [0.4, 0.5) is 176 Å². The standard InChI is InChI=1S/C48H56O4S5.2C24BF20/c1-33(2)29-49-37-9-17-41(18-10-37)56(42-19-11-38(12-20-42)50-30-34(3)4)47-27-25-45(54-47)53-46-26-28-48(55-46)57(43-21-13-39(14-22-43)51-31-35(5)6)44-23-15-40(16-24-44)52-32-36(7)8;2*26-5-1(6(27)14(35)21(42)13(5)34)25(2-7(28)15(36)22(43)16(37)8(2)29,3-9(30)17(38)23(44)18(39)10(3)31)4-11(32)19(40)24(45)20(41)12(4)33/h9-28,33-36H,29-32H2,1-8H3;;/q+2;2*-1. The summed E-state index contributed by atoms with van der Waals surface area (Å²) in [6.45, 7) is 20.2. The lowest BCUT2D eigenvalue weighted by atomic mass is 9.12. The molecule has 0 aliphatic heterocycles. The quantitative estimate of drug-likeness (QED) is 0.0161. The lowest BCUT2D eigenvalue weighted by Gasteiger charge is -2.44. The van der Waals surface area contributed by atoms with E-state index in [2.05, 4.69) is 177 Å². The maximum absolute atomic E-state index is 15.4. The topological polar surface area (TPSA) is 36.9 Å². The van der Waals surface area contributed by atoms with Crippen LogP contribution in [0.25, 0.3) is 0 Å². The van der Waals surface area contributed by atoms with Crippen LogP contribution in [-0.2, 0) is 21.8 Å². The second kappa shape index (κ2) is 45.0. The van der Waals surface area contributed by atoms with Crippen LogP contribution in [0, 0.1) is 256 Å². The van der Waals surface area contributed by atoms with Crippen LogP contribution in [0.5, 0.6) is 23.0 Å². The molecule has 0 saturated heterocycles. The van der Waals surface area contributed by atoms with E-state index in [9.17, 15) is 105 Å². The van der Waals surface area contributed by atoms with E-state index in [1.54, 1.807) is 0 Å². The smallest absolute Gasteiger partial charge is 0.221 e.